The predicted molar refractivity (Wildman–Crippen MR) is 250 cm³/mol. The Morgan fingerprint density at radius 1 is 0.905 bits per heavy atom. The first kappa shape index (κ1) is 47.8. The molecule has 3 amide bonds. The van der Waals surface area contributed by atoms with Gasteiger partial charge in [-0.25, -0.2) is 23.2 Å². The largest absolute Gasteiger partial charge is 0.492 e. The lowest BCUT2D eigenvalue weighted by molar-refractivity contribution is 0.0255. The Morgan fingerprint density at radius 2 is 1.60 bits per heavy atom. The van der Waals surface area contributed by atoms with E-state index in [9.17, 15) is 18.0 Å². The molecular weight excluding hydrogens is 825 g/mol. The molecule has 15 nitrogen and oxygen atoms in total. The van der Waals surface area contributed by atoms with E-state index in [1.165, 1.54) is 7.11 Å². The van der Waals surface area contributed by atoms with Gasteiger partial charge in [0.1, 0.15) is 17.3 Å². The van der Waals surface area contributed by atoms with Crippen LogP contribution >= 0.6 is 0 Å². The smallest absolute Gasteiger partial charge is 0.323 e. The maximum atomic E-state index is 13.6. The molecule has 16 heteroatoms. The van der Waals surface area contributed by atoms with Crippen LogP contribution in [0.4, 0.5) is 27.5 Å². The summed E-state index contributed by atoms with van der Waals surface area (Å²) in [4.78, 5) is 36.0. The number of anilines is 3. The van der Waals surface area contributed by atoms with E-state index >= 15 is 0 Å². The summed E-state index contributed by atoms with van der Waals surface area (Å²) in [6, 6.07) is 19.1. The second kappa shape index (κ2) is 22.2. The average molecular weight is 881 g/mol. The molecule has 1 unspecified atom stereocenters. The maximum absolute atomic E-state index is 13.6. The van der Waals surface area contributed by atoms with Gasteiger partial charge in [-0.15, -0.1) is 6.42 Å². The van der Waals surface area contributed by atoms with Crippen molar-refractivity contribution in [3.05, 3.63) is 95.3 Å². The lowest BCUT2D eigenvalue weighted by atomic mass is 9.86. The molecule has 0 saturated heterocycles. The number of benzene rings is 4. The number of carbonyl (C=O) groups is 2. The number of carbonyl (C=O) groups excluding carboxylic acids is 2. The molecule has 5 rings (SSSR count). The Bertz CT molecular complexity index is 2520. The number of hydrogen-bond acceptors (Lipinski definition) is 10. The van der Waals surface area contributed by atoms with E-state index in [1.54, 1.807) is 61.9 Å². The Kier molecular flexibility index (Phi) is 16.8. The third kappa shape index (κ3) is 14.1. The van der Waals surface area contributed by atoms with Crippen LogP contribution in [0.2, 0.25) is 0 Å². The number of fused-ring (bicyclic) bond motifs is 1. The lowest BCUT2D eigenvalue weighted by Crippen LogP contribution is -2.27. The predicted octanol–water partition coefficient (Wildman–Crippen LogP) is 8.05. The summed E-state index contributed by atoms with van der Waals surface area (Å²) in [6.45, 7) is 10.5. The fraction of sp³-hybridized carbons (Fsp3) is 0.362. The molecule has 0 radical (unpaired) electrons. The standard InChI is InChI=1S/C47H56N6O9S/c1-9-32-26-33(45(54)49-20-21-60-24-25-61-23-22-58-6)28-35(27-32)50-44-31(2)14-15-36(18-19-48-44)62-42-17-16-39(37-12-10-11-13-38(37)42)51-46(55)52-40-29-34(47(3,4)5)30-41(43(40)59-7)53-63(8,56)57/h1,10-13,16-19,26-31,53H,14-15,20-25H2,2-8H3,(H,49,54)(H2,51,52,55)/b36-18+,48-19?,50-44?. The minimum Gasteiger partial charge on any atom is -0.492 e. The van der Waals surface area contributed by atoms with Gasteiger partial charge in [0.15, 0.2) is 5.75 Å². The Hall–Kier alpha value is -6.25. The molecule has 1 heterocycles. The highest BCUT2D eigenvalue weighted by molar-refractivity contribution is 7.92. The SMILES string of the molecule is C#Cc1cc(N=C2N=C/C=C(/Oc3ccc(NC(=O)Nc4cc(C(C)(C)C)cc(NS(C)(=O)=O)c4OC)c4ccccc34)CCC2C)cc(C(=O)NCCOCCOCCOC)c1. The molecule has 1 aliphatic heterocycles. The molecule has 4 N–H and O–H groups in total. The molecule has 4 aromatic rings. The van der Waals surface area contributed by atoms with Gasteiger partial charge in [-0.2, -0.15) is 0 Å². The molecule has 1 atom stereocenters. The number of amidine groups is 1. The first-order valence-corrected chi connectivity index (χ1v) is 22.3. The quantitative estimate of drug-likeness (QED) is 0.0567. The molecule has 0 aromatic heterocycles. The number of terminal acetylenes is 1. The minimum absolute atomic E-state index is 0.0706. The van der Waals surface area contributed by atoms with Crippen LogP contribution in [0.5, 0.6) is 11.5 Å². The molecule has 0 fully saturated rings. The van der Waals surface area contributed by atoms with Gasteiger partial charge < -0.3 is 39.6 Å². The highest BCUT2D eigenvalue weighted by Gasteiger charge is 2.23. The molecule has 1 aliphatic rings. The summed E-state index contributed by atoms with van der Waals surface area (Å²) in [5.41, 5.74) is 2.85. The van der Waals surface area contributed by atoms with Crippen LogP contribution in [-0.2, 0) is 29.6 Å². The summed E-state index contributed by atoms with van der Waals surface area (Å²) in [5.74, 6) is 4.27. The number of hydrogen-bond donors (Lipinski definition) is 4. The number of amides is 3. The van der Waals surface area contributed by atoms with Gasteiger partial charge in [0.25, 0.3) is 5.91 Å². The van der Waals surface area contributed by atoms with Gasteiger partial charge in [-0.3, -0.25) is 9.52 Å². The number of urea groups is 1. The number of allylic oxidation sites excluding steroid dienone is 2. The van der Waals surface area contributed by atoms with Crippen molar-refractivity contribution in [1.29, 1.82) is 0 Å². The van der Waals surface area contributed by atoms with Crippen LogP contribution in [0.25, 0.3) is 10.8 Å². The van der Waals surface area contributed by atoms with E-state index < -0.39 is 16.1 Å². The van der Waals surface area contributed by atoms with E-state index in [2.05, 4.69) is 31.6 Å². The summed E-state index contributed by atoms with van der Waals surface area (Å²) in [6.07, 6.45) is 11.5. The first-order valence-electron chi connectivity index (χ1n) is 20.4. The topological polar surface area (TPSA) is 187 Å². The molecule has 63 heavy (non-hydrogen) atoms. The fourth-order valence-electron chi connectivity index (χ4n) is 6.48. The van der Waals surface area contributed by atoms with Gasteiger partial charge in [-0.05, 0) is 65.9 Å². The maximum Gasteiger partial charge on any atom is 0.323 e. The zero-order chi connectivity index (χ0) is 45.6. The molecule has 0 aliphatic carbocycles. The molecular formula is C47H56N6O9S. The van der Waals surface area contributed by atoms with Crippen LogP contribution in [0.15, 0.2) is 88.6 Å². The van der Waals surface area contributed by atoms with E-state index in [0.717, 1.165) is 22.6 Å². The van der Waals surface area contributed by atoms with E-state index in [-0.39, 0.29) is 28.7 Å². The van der Waals surface area contributed by atoms with Crippen molar-refractivity contribution >= 4 is 67.5 Å². The normalized spacial score (nSPS) is 15.7. The van der Waals surface area contributed by atoms with Crippen LogP contribution in [0.3, 0.4) is 0 Å². The number of nitrogens with one attached hydrogen (secondary N) is 4. The van der Waals surface area contributed by atoms with E-state index in [1.807, 2.05) is 52.0 Å². The third-order valence-electron chi connectivity index (χ3n) is 9.73. The van der Waals surface area contributed by atoms with Gasteiger partial charge in [0.2, 0.25) is 10.0 Å². The third-order valence-corrected chi connectivity index (χ3v) is 10.3. The lowest BCUT2D eigenvalue weighted by Gasteiger charge is -2.24. The highest BCUT2D eigenvalue weighted by atomic mass is 32.2. The summed E-state index contributed by atoms with van der Waals surface area (Å²) in [7, 11) is -0.629. The first-order chi connectivity index (χ1) is 30.1. The van der Waals surface area contributed by atoms with E-state index in [0.29, 0.717) is 98.0 Å². The number of aliphatic imine (C=N–C) groups is 2. The molecule has 334 valence electrons. The van der Waals surface area contributed by atoms with Crippen molar-refractivity contribution in [3.8, 4) is 23.8 Å². The average Bonchev–Trinajstić information content (AvgIpc) is 3.23. The van der Waals surface area contributed by atoms with Gasteiger partial charge in [0, 0.05) is 54.1 Å². The zero-order valence-electron chi connectivity index (χ0n) is 36.8. The van der Waals surface area contributed by atoms with Gasteiger partial charge >= 0.3 is 6.03 Å². The number of sulfonamides is 1. The summed E-state index contributed by atoms with van der Waals surface area (Å²) in [5, 5.41) is 10.1. The number of ether oxygens (including phenoxy) is 5. The molecule has 4 aromatic carbocycles. The second-order valence-electron chi connectivity index (χ2n) is 15.8. The van der Waals surface area contributed by atoms with Crippen molar-refractivity contribution in [2.24, 2.45) is 15.9 Å². The van der Waals surface area contributed by atoms with Crippen LogP contribution in [-0.4, -0.2) is 92.5 Å². The molecule has 0 saturated carbocycles. The van der Waals surface area contributed by atoms with E-state index in [4.69, 9.17) is 35.1 Å². The second-order valence-corrected chi connectivity index (χ2v) is 17.5. The van der Waals surface area contributed by atoms with Crippen LogP contribution in [0, 0.1) is 18.3 Å². The summed E-state index contributed by atoms with van der Waals surface area (Å²) < 4.78 is 54.8. The van der Waals surface area contributed by atoms with Crippen LogP contribution < -0.4 is 30.1 Å². The Labute approximate surface area is 369 Å². The monoisotopic (exact) mass is 880 g/mol. The van der Waals surface area contributed by atoms with Gasteiger partial charge in [-0.1, -0.05) is 57.9 Å². The van der Waals surface area contributed by atoms with Crippen molar-refractivity contribution < 1.29 is 41.7 Å². The van der Waals surface area contributed by atoms with Gasteiger partial charge in [0.05, 0.1) is 69.1 Å². The number of rotatable bonds is 18. The minimum atomic E-state index is -3.65. The fourth-order valence-corrected chi connectivity index (χ4v) is 7.03. The highest BCUT2D eigenvalue weighted by Crippen LogP contribution is 2.40. The van der Waals surface area contributed by atoms with Crippen molar-refractivity contribution in [2.45, 2.75) is 46.0 Å². The molecule has 0 spiro atoms. The van der Waals surface area contributed by atoms with Crippen LogP contribution in [0.1, 0.15) is 62.0 Å². The Balaban J connectivity index is 1.28. The number of methoxy groups -OCH3 is 2. The van der Waals surface area contributed by atoms with Crippen molar-refractivity contribution in [3.63, 3.8) is 0 Å². The number of nitrogens with zero attached hydrogens (tertiary/aromatic N) is 2. The van der Waals surface area contributed by atoms with Crippen molar-refractivity contribution in [2.75, 3.05) is 75.4 Å². The summed E-state index contributed by atoms with van der Waals surface area (Å²) >= 11 is 0. The zero-order valence-corrected chi connectivity index (χ0v) is 37.6. The Morgan fingerprint density at radius 3 is 2.30 bits per heavy atom. The molecule has 0 bridgehead atoms. The van der Waals surface area contributed by atoms with Crippen molar-refractivity contribution in [1.82, 2.24) is 5.32 Å².